The van der Waals surface area contributed by atoms with Gasteiger partial charge in [-0.2, -0.15) is 0 Å². The van der Waals surface area contributed by atoms with Crippen LogP contribution in [0.25, 0.3) is 0 Å². The van der Waals surface area contributed by atoms with Gasteiger partial charge in [-0.15, -0.1) is 0 Å². The number of likely N-dealkylation sites (tertiary alicyclic amines) is 1. The van der Waals surface area contributed by atoms with Crippen LogP contribution in [0, 0.1) is 0 Å². The quantitative estimate of drug-likeness (QED) is 0.763. The molecule has 1 aromatic rings. The second-order valence-electron chi connectivity index (χ2n) is 5.17. The smallest absolute Gasteiger partial charge is 0.219 e. The molecule has 0 unspecified atom stereocenters. The Labute approximate surface area is 115 Å². The summed E-state index contributed by atoms with van der Waals surface area (Å²) in [5.41, 5.74) is 1.37. The number of nitrogens with zero attached hydrogens (tertiary/aromatic N) is 1. The van der Waals surface area contributed by atoms with Crippen LogP contribution in [0.1, 0.15) is 31.7 Å². The molecule has 0 aliphatic carbocycles. The molecule has 104 valence electrons. The number of hydrogen-bond donors (Lipinski definition) is 0. The zero-order valence-corrected chi connectivity index (χ0v) is 11.7. The van der Waals surface area contributed by atoms with Gasteiger partial charge in [0.1, 0.15) is 0 Å². The van der Waals surface area contributed by atoms with Crippen molar-refractivity contribution in [3.8, 4) is 0 Å². The third-order valence-electron chi connectivity index (χ3n) is 3.69. The summed E-state index contributed by atoms with van der Waals surface area (Å²) in [5.74, 6) is 0.183. The fourth-order valence-electron chi connectivity index (χ4n) is 2.51. The monoisotopic (exact) mass is 261 g/mol. The molecule has 1 amide bonds. The minimum Gasteiger partial charge on any atom is -0.378 e. The zero-order chi connectivity index (χ0) is 13.5. The Hall–Kier alpha value is -1.35. The lowest BCUT2D eigenvalue weighted by Crippen LogP contribution is -2.39. The molecule has 0 spiro atoms. The highest BCUT2D eigenvalue weighted by Gasteiger charge is 2.20. The first-order valence-corrected chi connectivity index (χ1v) is 7.17. The van der Waals surface area contributed by atoms with Gasteiger partial charge in [0, 0.05) is 26.6 Å². The lowest BCUT2D eigenvalue weighted by molar-refractivity contribution is -0.131. The molecule has 3 heteroatoms. The molecule has 2 rings (SSSR count). The van der Waals surface area contributed by atoms with Gasteiger partial charge in [-0.05, 0) is 31.2 Å². The normalized spacial score (nSPS) is 16.6. The molecule has 1 saturated heterocycles. The van der Waals surface area contributed by atoms with Gasteiger partial charge in [-0.25, -0.2) is 0 Å². The second kappa shape index (κ2) is 7.29. The van der Waals surface area contributed by atoms with Crippen molar-refractivity contribution in [2.45, 2.75) is 38.7 Å². The van der Waals surface area contributed by atoms with E-state index < -0.39 is 0 Å². The molecular weight excluding hydrogens is 238 g/mol. The van der Waals surface area contributed by atoms with Gasteiger partial charge < -0.3 is 9.64 Å². The van der Waals surface area contributed by atoms with Crippen molar-refractivity contribution in [1.82, 2.24) is 4.90 Å². The van der Waals surface area contributed by atoms with Crippen LogP contribution in [0.5, 0.6) is 0 Å². The van der Waals surface area contributed by atoms with Crippen molar-refractivity contribution in [2.75, 3.05) is 19.7 Å². The molecule has 1 aromatic carbocycles. The number of benzene rings is 1. The van der Waals surface area contributed by atoms with E-state index in [1.54, 1.807) is 6.92 Å². The standard InChI is InChI=1S/C16H23NO2/c1-14(18)17-11-9-16(10-12-17)19-13-5-8-15-6-3-2-4-7-15/h2-4,6-7,16H,5,8-13H2,1H3. The van der Waals surface area contributed by atoms with E-state index in [0.29, 0.717) is 6.10 Å². The number of hydrogen-bond acceptors (Lipinski definition) is 2. The Morgan fingerprint density at radius 1 is 1.26 bits per heavy atom. The Balaban J connectivity index is 1.58. The molecular formula is C16H23NO2. The minimum atomic E-state index is 0.183. The molecule has 0 atom stereocenters. The predicted molar refractivity (Wildman–Crippen MR) is 76.0 cm³/mol. The summed E-state index contributed by atoms with van der Waals surface area (Å²) in [4.78, 5) is 13.1. The summed E-state index contributed by atoms with van der Waals surface area (Å²) in [6.45, 7) is 4.15. The van der Waals surface area contributed by atoms with Gasteiger partial charge in [-0.1, -0.05) is 30.3 Å². The van der Waals surface area contributed by atoms with Crippen LogP contribution in [-0.4, -0.2) is 36.6 Å². The Bertz CT molecular complexity index is 383. The van der Waals surface area contributed by atoms with Crippen LogP contribution >= 0.6 is 0 Å². The molecule has 0 saturated carbocycles. The van der Waals surface area contributed by atoms with Crippen molar-refractivity contribution < 1.29 is 9.53 Å². The highest BCUT2D eigenvalue weighted by molar-refractivity contribution is 5.73. The van der Waals surface area contributed by atoms with E-state index in [-0.39, 0.29) is 5.91 Å². The fraction of sp³-hybridized carbons (Fsp3) is 0.562. The van der Waals surface area contributed by atoms with E-state index in [0.717, 1.165) is 45.4 Å². The fourth-order valence-corrected chi connectivity index (χ4v) is 2.51. The van der Waals surface area contributed by atoms with Crippen molar-refractivity contribution in [2.24, 2.45) is 0 Å². The van der Waals surface area contributed by atoms with Gasteiger partial charge >= 0.3 is 0 Å². The van der Waals surface area contributed by atoms with Gasteiger partial charge in [-0.3, -0.25) is 4.79 Å². The Kier molecular flexibility index (Phi) is 5.40. The van der Waals surface area contributed by atoms with Crippen LogP contribution in [0.3, 0.4) is 0 Å². The highest BCUT2D eigenvalue weighted by atomic mass is 16.5. The summed E-state index contributed by atoms with van der Waals surface area (Å²) < 4.78 is 5.89. The first-order chi connectivity index (χ1) is 9.25. The largest absolute Gasteiger partial charge is 0.378 e. The predicted octanol–water partition coefficient (Wildman–Crippen LogP) is 2.65. The van der Waals surface area contributed by atoms with Crippen LogP contribution in [0.4, 0.5) is 0 Å². The van der Waals surface area contributed by atoms with Crippen LogP contribution in [0.15, 0.2) is 30.3 Å². The van der Waals surface area contributed by atoms with Crippen molar-refractivity contribution in [3.63, 3.8) is 0 Å². The molecule has 0 bridgehead atoms. The maximum Gasteiger partial charge on any atom is 0.219 e. The van der Waals surface area contributed by atoms with E-state index >= 15 is 0 Å². The van der Waals surface area contributed by atoms with Gasteiger partial charge in [0.05, 0.1) is 6.10 Å². The number of amides is 1. The summed E-state index contributed by atoms with van der Waals surface area (Å²) in [5, 5.41) is 0. The second-order valence-corrected chi connectivity index (χ2v) is 5.17. The van der Waals surface area contributed by atoms with Crippen molar-refractivity contribution in [1.29, 1.82) is 0 Å². The van der Waals surface area contributed by atoms with E-state index in [2.05, 4.69) is 24.3 Å². The molecule has 19 heavy (non-hydrogen) atoms. The highest BCUT2D eigenvalue weighted by Crippen LogP contribution is 2.14. The molecule has 0 aromatic heterocycles. The molecule has 3 nitrogen and oxygen atoms in total. The van der Waals surface area contributed by atoms with Crippen LogP contribution in [0.2, 0.25) is 0 Å². The maximum absolute atomic E-state index is 11.2. The minimum absolute atomic E-state index is 0.183. The van der Waals surface area contributed by atoms with Crippen molar-refractivity contribution in [3.05, 3.63) is 35.9 Å². The maximum atomic E-state index is 11.2. The molecule has 1 aliphatic heterocycles. The number of piperidine rings is 1. The molecule has 1 heterocycles. The van der Waals surface area contributed by atoms with E-state index in [1.165, 1.54) is 5.56 Å². The third kappa shape index (κ3) is 4.67. The van der Waals surface area contributed by atoms with E-state index in [4.69, 9.17) is 4.74 Å². The number of carbonyl (C=O) groups is 1. The van der Waals surface area contributed by atoms with E-state index in [9.17, 15) is 4.79 Å². The summed E-state index contributed by atoms with van der Waals surface area (Å²) in [6.07, 6.45) is 4.44. The molecule has 1 aliphatic rings. The molecule has 1 fully saturated rings. The lowest BCUT2D eigenvalue weighted by atomic mass is 10.1. The van der Waals surface area contributed by atoms with E-state index in [1.807, 2.05) is 11.0 Å². The topological polar surface area (TPSA) is 29.5 Å². The zero-order valence-electron chi connectivity index (χ0n) is 11.7. The number of aryl methyl sites for hydroxylation is 1. The molecule has 0 N–H and O–H groups in total. The van der Waals surface area contributed by atoms with Gasteiger partial charge in [0.2, 0.25) is 5.91 Å². The van der Waals surface area contributed by atoms with Gasteiger partial charge in [0.25, 0.3) is 0 Å². The Morgan fingerprint density at radius 2 is 1.95 bits per heavy atom. The number of carbonyl (C=O) groups excluding carboxylic acids is 1. The molecule has 0 radical (unpaired) electrons. The summed E-state index contributed by atoms with van der Waals surface area (Å²) in [6, 6.07) is 10.5. The van der Waals surface area contributed by atoms with Gasteiger partial charge in [0.15, 0.2) is 0 Å². The summed E-state index contributed by atoms with van der Waals surface area (Å²) in [7, 11) is 0. The number of rotatable bonds is 5. The number of ether oxygens (including phenoxy) is 1. The van der Waals surface area contributed by atoms with Crippen molar-refractivity contribution >= 4 is 5.91 Å². The average molecular weight is 261 g/mol. The SMILES string of the molecule is CC(=O)N1CCC(OCCCc2ccccc2)CC1. The first kappa shape index (κ1) is 14.1. The third-order valence-corrected chi connectivity index (χ3v) is 3.69. The lowest BCUT2D eigenvalue weighted by Gasteiger charge is -2.31. The van der Waals surface area contributed by atoms with Crippen LogP contribution < -0.4 is 0 Å². The average Bonchev–Trinajstić information content (AvgIpc) is 2.45. The van der Waals surface area contributed by atoms with Crippen LogP contribution in [-0.2, 0) is 16.0 Å². The first-order valence-electron chi connectivity index (χ1n) is 7.17. The Morgan fingerprint density at radius 3 is 2.58 bits per heavy atom. The summed E-state index contributed by atoms with van der Waals surface area (Å²) >= 11 is 0.